The van der Waals surface area contributed by atoms with Crippen molar-refractivity contribution in [2.75, 3.05) is 31.1 Å². The number of amides is 2. The number of nitrogens with zero attached hydrogens (tertiary/aromatic N) is 2. The Bertz CT molecular complexity index is 673. The van der Waals surface area contributed by atoms with Gasteiger partial charge in [0.1, 0.15) is 0 Å². The van der Waals surface area contributed by atoms with Crippen LogP contribution in [0.3, 0.4) is 0 Å². The number of hydrogen-bond donors (Lipinski definition) is 0. The average molecular weight is 328 g/mol. The summed E-state index contributed by atoms with van der Waals surface area (Å²) in [5.74, 6) is -0.0641. The molecule has 3 aliphatic rings. The lowest BCUT2D eigenvalue weighted by Crippen LogP contribution is -2.47. The molecule has 0 spiro atoms. The lowest BCUT2D eigenvalue weighted by Gasteiger charge is -2.32. The maximum atomic E-state index is 12.7. The van der Waals surface area contributed by atoms with Crippen LogP contribution in [0.5, 0.6) is 0 Å². The third-order valence-electron chi connectivity index (χ3n) is 5.42. The summed E-state index contributed by atoms with van der Waals surface area (Å²) in [7, 11) is 0. The van der Waals surface area contributed by atoms with E-state index in [0.29, 0.717) is 32.7 Å². The predicted molar refractivity (Wildman–Crippen MR) is 90.9 cm³/mol. The van der Waals surface area contributed by atoms with E-state index in [1.165, 1.54) is 17.5 Å². The molecule has 5 nitrogen and oxygen atoms in total. The zero-order chi connectivity index (χ0) is 16.7. The van der Waals surface area contributed by atoms with Gasteiger partial charge in [0.15, 0.2) is 0 Å². The number of carbonyl (C=O) groups is 2. The van der Waals surface area contributed by atoms with Crippen LogP contribution >= 0.6 is 0 Å². The van der Waals surface area contributed by atoms with Gasteiger partial charge in [-0.05, 0) is 49.4 Å². The van der Waals surface area contributed by atoms with Crippen molar-refractivity contribution in [2.45, 2.75) is 38.7 Å². The molecule has 0 aromatic heterocycles. The molecule has 2 fully saturated rings. The van der Waals surface area contributed by atoms with Crippen LogP contribution in [-0.4, -0.2) is 49.1 Å². The Morgan fingerprint density at radius 2 is 2.04 bits per heavy atom. The Labute approximate surface area is 142 Å². The highest BCUT2D eigenvalue weighted by atomic mass is 16.5. The van der Waals surface area contributed by atoms with Gasteiger partial charge < -0.3 is 14.5 Å². The zero-order valence-corrected chi connectivity index (χ0v) is 14.2. The number of fused-ring (bicyclic) bond motifs is 1. The van der Waals surface area contributed by atoms with Gasteiger partial charge in [-0.25, -0.2) is 0 Å². The lowest BCUT2D eigenvalue weighted by atomic mass is 10.1. The SMILES string of the molecule is CC1CN(C(=O)C2CC(=O)N(c3ccc4c(c3)CCC4)C2)CCO1. The van der Waals surface area contributed by atoms with E-state index in [1.807, 2.05) is 17.9 Å². The summed E-state index contributed by atoms with van der Waals surface area (Å²) in [6.45, 7) is 4.33. The number of carbonyl (C=O) groups excluding carboxylic acids is 2. The normalized spacial score (nSPS) is 26.8. The molecule has 2 saturated heterocycles. The molecule has 1 aliphatic carbocycles. The van der Waals surface area contributed by atoms with Crippen molar-refractivity contribution in [3.63, 3.8) is 0 Å². The predicted octanol–water partition coefficient (Wildman–Crippen LogP) is 1.78. The minimum atomic E-state index is -0.226. The molecule has 2 aliphatic heterocycles. The zero-order valence-electron chi connectivity index (χ0n) is 14.2. The second kappa shape index (κ2) is 6.20. The molecule has 5 heteroatoms. The summed E-state index contributed by atoms with van der Waals surface area (Å²) < 4.78 is 5.50. The maximum absolute atomic E-state index is 12.7. The fourth-order valence-corrected chi connectivity index (χ4v) is 4.13. The van der Waals surface area contributed by atoms with E-state index in [1.54, 1.807) is 4.90 Å². The van der Waals surface area contributed by atoms with E-state index in [0.717, 1.165) is 18.5 Å². The summed E-state index contributed by atoms with van der Waals surface area (Å²) >= 11 is 0. The van der Waals surface area contributed by atoms with Crippen molar-refractivity contribution < 1.29 is 14.3 Å². The van der Waals surface area contributed by atoms with Gasteiger partial charge >= 0.3 is 0 Å². The molecule has 0 bridgehead atoms. The molecule has 0 saturated carbocycles. The number of aryl methyl sites for hydroxylation is 2. The highest BCUT2D eigenvalue weighted by Crippen LogP contribution is 2.31. The minimum absolute atomic E-state index is 0.0626. The number of hydrogen-bond acceptors (Lipinski definition) is 3. The summed E-state index contributed by atoms with van der Waals surface area (Å²) in [5.41, 5.74) is 3.71. The Morgan fingerprint density at radius 1 is 1.21 bits per heavy atom. The molecule has 1 aromatic carbocycles. The third-order valence-corrected chi connectivity index (χ3v) is 5.42. The summed E-state index contributed by atoms with van der Waals surface area (Å²) in [4.78, 5) is 28.9. The molecular formula is C19H24N2O3. The van der Waals surface area contributed by atoms with E-state index in [2.05, 4.69) is 12.1 Å². The third kappa shape index (κ3) is 2.81. The maximum Gasteiger partial charge on any atom is 0.228 e. The molecule has 2 atom stereocenters. The standard InChI is InChI=1S/C19H24N2O3/c1-13-11-20(7-8-24-13)19(23)16-10-18(22)21(12-16)17-6-5-14-3-2-4-15(14)9-17/h5-6,9,13,16H,2-4,7-8,10-12H2,1H3. The smallest absolute Gasteiger partial charge is 0.228 e. The number of ether oxygens (including phenoxy) is 1. The van der Waals surface area contributed by atoms with E-state index >= 15 is 0 Å². The van der Waals surface area contributed by atoms with E-state index in [4.69, 9.17) is 4.74 Å². The van der Waals surface area contributed by atoms with Crippen LogP contribution in [0.25, 0.3) is 0 Å². The molecule has 128 valence electrons. The molecule has 2 unspecified atom stereocenters. The molecule has 24 heavy (non-hydrogen) atoms. The number of anilines is 1. The first-order valence-electron chi connectivity index (χ1n) is 8.94. The van der Waals surface area contributed by atoms with Crippen LogP contribution in [0.4, 0.5) is 5.69 Å². The lowest BCUT2D eigenvalue weighted by molar-refractivity contribution is -0.142. The average Bonchev–Trinajstić information content (AvgIpc) is 3.19. The van der Waals surface area contributed by atoms with Crippen LogP contribution in [0.15, 0.2) is 18.2 Å². The van der Waals surface area contributed by atoms with Gasteiger partial charge in [0.2, 0.25) is 11.8 Å². The Balaban J connectivity index is 1.47. The second-order valence-corrected chi connectivity index (χ2v) is 7.18. The van der Waals surface area contributed by atoms with Gasteiger partial charge in [0.05, 0.1) is 18.6 Å². The highest BCUT2D eigenvalue weighted by Gasteiger charge is 2.38. The van der Waals surface area contributed by atoms with Crippen molar-refractivity contribution in [2.24, 2.45) is 5.92 Å². The van der Waals surface area contributed by atoms with Gasteiger partial charge in [-0.15, -0.1) is 0 Å². The first kappa shape index (κ1) is 15.6. The largest absolute Gasteiger partial charge is 0.375 e. The monoisotopic (exact) mass is 328 g/mol. The van der Waals surface area contributed by atoms with Gasteiger partial charge in [-0.3, -0.25) is 9.59 Å². The van der Waals surface area contributed by atoms with Crippen molar-refractivity contribution in [1.29, 1.82) is 0 Å². The topological polar surface area (TPSA) is 49.9 Å². The highest BCUT2D eigenvalue weighted by molar-refractivity contribution is 6.00. The molecule has 0 radical (unpaired) electrons. The Kier molecular flexibility index (Phi) is 4.04. The minimum Gasteiger partial charge on any atom is -0.375 e. The van der Waals surface area contributed by atoms with Crippen LogP contribution in [0.1, 0.15) is 30.9 Å². The summed E-state index contributed by atoms with van der Waals surface area (Å²) in [5, 5.41) is 0. The summed E-state index contributed by atoms with van der Waals surface area (Å²) in [6.07, 6.45) is 3.83. The van der Waals surface area contributed by atoms with Gasteiger partial charge in [-0.2, -0.15) is 0 Å². The van der Waals surface area contributed by atoms with Gasteiger partial charge in [0.25, 0.3) is 0 Å². The fourth-order valence-electron chi connectivity index (χ4n) is 4.13. The number of benzene rings is 1. The first-order valence-corrected chi connectivity index (χ1v) is 8.94. The van der Waals surface area contributed by atoms with E-state index in [-0.39, 0.29) is 23.8 Å². The molecule has 2 amide bonds. The number of morpholine rings is 1. The van der Waals surface area contributed by atoms with Gasteiger partial charge in [0, 0.05) is 31.7 Å². The van der Waals surface area contributed by atoms with Crippen LogP contribution in [-0.2, 0) is 27.2 Å². The molecule has 4 rings (SSSR count). The molecule has 2 heterocycles. The molecular weight excluding hydrogens is 304 g/mol. The first-order chi connectivity index (χ1) is 11.6. The molecule has 0 N–H and O–H groups in total. The van der Waals surface area contributed by atoms with Crippen molar-refractivity contribution >= 4 is 17.5 Å². The van der Waals surface area contributed by atoms with Crippen LogP contribution in [0.2, 0.25) is 0 Å². The second-order valence-electron chi connectivity index (χ2n) is 7.18. The van der Waals surface area contributed by atoms with Crippen molar-refractivity contribution in [3.8, 4) is 0 Å². The fraction of sp³-hybridized carbons (Fsp3) is 0.579. The molecule has 1 aromatic rings. The Hall–Kier alpha value is -1.88. The summed E-state index contributed by atoms with van der Waals surface area (Å²) in [6, 6.07) is 6.32. The van der Waals surface area contributed by atoms with Crippen LogP contribution in [0, 0.1) is 5.92 Å². The van der Waals surface area contributed by atoms with E-state index in [9.17, 15) is 9.59 Å². The van der Waals surface area contributed by atoms with Crippen molar-refractivity contribution in [1.82, 2.24) is 4.90 Å². The quantitative estimate of drug-likeness (QED) is 0.831. The number of rotatable bonds is 2. The van der Waals surface area contributed by atoms with E-state index < -0.39 is 0 Å². The Morgan fingerprint density at radius 3 is 2.88 bits per heavy atom. The van der Waals surface area contributed by atoms with Gasteiger partial charge in [-0.1, -0.05) is 6.07 Å². The van der Waals surface area contributed by atoms with Crippen molar-refractivity contribution in [3.05, 3.63) is 29.3 Å². The van der Waals surface area contributed by atoms with Crippen LogP contribution < -0.4 is 4.90 Å².